The SMILES string of the molecule is OC(O)c1ccc(-c2noc(-c3cc4c(Cl)ccc(Cl)c4o3)n2)cc1F. The van der Waals surface area contributed by atoms with Crippen molar-refractivity contribution in [2.75, 3.05) is 0 Å². The van der Waals surface area contributed by atoms with Gasteiger partial charge in [-0.3, -0.25) is 0 Å². The molecule has 0 bridgehead atoms. The van der Waals surface area contributed by atoms with Gasteiger partial charge < -0.3 is 19.2 Å². The fraction of sp³-hybridized carbons (Fsp3) is 0.0588. The summed E-state index contributed by atoms with van der Waals surface area (Å²) in [4.78, 5) is 4.17. The molecule has 4 rings (SSSR count). The van der Waals surface area contributed by atoms with Crippen molar-refractivity contribution in [3.05, 3.63) is 57.8 Å². The molecule has 2 N–H and O–H groups in total. The number of hydrogen-bond acceptors (Lipinski definition) is 6. The highest BCUT2D eigenvalue weighted by Crippen LogP contribution is 2.36. The molecular formula is C17H9Cl2FN2O4. The zero-order valence-electron chi connectivity index (χ0n) is 12.8. The number of fused-ring (bicyclic) bond motifs is 1. The average Bonchev–Trinajstić information content (AvgIpc) is 3.25. The quantitative estimate of drug-likeness (QED) is 0.494. The molecule has 0 saturated heterocycles. The van der Waals surface area contributed by atoms with Gasteiger partial charge in [-0.1, -0.05) is 40.5 Å². The van der Waals surface area contributed by atoms with Crippen molar-refractivity contribution in [3.8, 4) is 23.0 Å². The van der Waals surface area contributed by atoms with Crippen LogP contribution in [0, 0.1) is 5.82 Å². The molecule has 9 heteroatoms. The molecule has 132 valence electrons. The van der Waals surface area contributed by atoms with E-state index in [2.05, 4.69) is 10.1 Å². The Morgan fingerprint density at radius 1 is 1.04 bits per heavy atom. The van der Waals surface area contributed by atoms with Crippen molar-refractivity contribution in [1.29, 1.82) is 0 Å². The minimum absolute atomic E-state index is 0.0648. The van der Waals surface area contributed by atoms with Crippen LogP contribution in [-0.2, 0) is 0 Å². The molecule has 0 radical (unpaired) electrons. The lowest BCUT2D eigenvalue weighted by atomic mass is 10.1. The summed E-state index contributed by atoms with van der Waals surface area (Å²) >= 11 is 12.2. The first-order chi connectivity index (χ1) is 12.4. The van der Waals surface area contributed by atoms with E-state index in [1.54, 1.807) is 18.2 Å². The second-order valence-corrected chi connectivity index (χ2v) is 6.23. The smallest absolute Gasteiger partial charge is 0.293 e. The molecule has 2 heterocycles. The summed E-state index contributed by atoms with van der Waals surface area (Å²) in [5.41, 5.74) is 0.439. The third-order valence-electron chi connectivity index (χ3n) is 3.76. The Kier molecular flexibility index (Phi) is 4.16. The van der Waals surface area contributed by atoms with Crippen LogP contribution in [0.2, 0.25) is 10.0 Å². The van der Waals surface area contributed by atoms with E-state index < -0.39 is 12.1 Å². The molecule has 0 aliphatic carbocycles. The Hall–Kier alpha value is -2.45. The number of furan rings is 1. The Morgan fingerprint density at radius 3 is 2.50 bits per heavy atom. The molecule has 0 atom stereocenters. The Balaban J connectivity index is 1.74. The van der Waals surface area contributed by atoms with Crippen LogP contribution in [0.1, 0.15) is 11.9 Å². The molecule has 2 aromatic heterocycles. The first kappa shape index (κ1) is 17.0. The van der Waals surface area contributed by atoms with Crippen LogP contribution in [0.15, 0.2) is 45.3 Å². The van der Waals surface area contributed by atoms with Crippen molar-refractivity contribution in [1.82, 2.24) is 10.1 Å². The van der Waals surface area contributed by atoms with Crippen LogP contribution in [0.25, 0.3) is 34.0 Å². The number of benzene rings is 2. The molecule has 4 aromatic rings. The molecule has 2 aromatic carbocycles. The van der Waals surface area contributed by atoms with Gasteiger partial charge in [-0.2, -0.15) is 4.98 Å². The summed E-state index contributed by atoms with van der Waals surface area (Å²) < 4.78 is 24.7. The number of aromatic nitrogens is 2. The van der Waals surface area contributed by atoms with Crippen molar-refractivity contribution in [2.45, 2.75) is 6.29 Å². The lowest BCUT2D eigenvalue weighted by Crippen LogP contribution is -1.99. The molecule has 0 saturated carbocycles. The summed E-state index contributed by atoms with van der Waals surface area (Å²) in [6, 6.07) is 8.62. The highest BCUT2D eigenvalue weighted by molar-refractivity contribution is 6.39. The van der Waals surface area contributed by atoms with Crippen molar-refractivity contribution in [2.24, 2.45) is 0 Å². The third kappa shape index (κ3) is 2.85. The monoisotopic (exact) mass is 394 g/mol. The Bertz CT molecular complexity index is 1080. The summed E-state index contributed by atoms with van der Waals surface area (Å²) in [7, 11) is 0. The standard InChI is InChI=1S/C17H9Cl2FN2O4/c18-10-3-4-11(19)14-9(10)6-13(25-14)16-21-15(22-26-16)7-1-2-8(17(23)24)12(20)5-7/h1-6,17,23-24H. The fourth-order valence-corrected chi connectivity index (χ4v) is 2.89. The van der Waals surface area contributed by atoms with Crippen molar-refractivity contribution >= 4 is 34.2 Å². The van der Waals surface area contributed by atoms with Gasteiger partial charge >= 0.3 is 0 Å². The molecule has 0 aliphatic heterocycles. The number of nitrogens with zero attached hydrogens (tertiary/aromatic N) is 2. The second kappa shape index (κ2) is 6.37. The van der Waals surface area contributed by atoms with Crippen LogP contribution >= 0.6 is 23.2 Å². The topological polar surface area (TPSA) is 92.5 Å². The van der Waals surface area contributed by atoms with E-state index in [1.807, 2.05) is 0 Å². The second-order valence-electron chi connectivity index (χ2n) is 5.42. The van der Waals surface area contributed by atoms with E-state index >= 15 is 0 Å². The zero-order chi connectivity index (χ0) is 18.4. The van der Waals surface area contributed by atoms with Crippen LogP contribution in [0.3, 0.4) is 0 Å². The van der Waals surface area contributed by atoms with Gasteiger partial charge in [-0.15, -0.1) is 0 Å². The van der Waals surface area contributed by atoms with Crippen LogP contribution in [0.4, 0.5) is 4.39 Å². The van der Waals surface area contributed by atoms with E-state index in [-0.39, 0.29) is 23.0 Å². The van der Waals surface area contributed by atoms with Gasteiger partial charge in [0, 0.05) is 16.5 Å². The summed E-state index contributed by atoms with van der Waals surface area (Å²) in [6.07, 6.45) is -1.91. The van der Waals surface area contributed by atoms with Crippen LogP contribution in [-0.4, -0.2) is 20.4 Å². The molecule has 0 spiro atoms. The minimum Gasteiger partial charge on any atom is -0.449 e. The molecule has 0 unspecified atom stereocenters. The fourth-order valence-electron chi connectivity index (χ4n) is 2.48. The number of halogens is 3. The molecule has 26 heavy (non-hydrogen) atoms. The molecule has 0 aliphatic rings. The summed E-state index contributed by atoms with van der Waals surface area (Å²) in [5.74, 6) is -0.367. The lowest BCUT2D eigenvalue weighted by Gasteiger charge is -2.05. The van der Waals surface area contributed by atoms with E-state index in [0.29, 0.717) is 26.6 Å². The summed E-state index contributed by atoms with van der Waals surface area (Å²) in [6.45, 7) is 0. The van der Waals surface area contributed by atoms with E-state index in [0.717, 1.165) is 6.07 Å². The number of aliphatic hydroxyl groups is 2. The first-order valence-corrected chi connectivity index (χ1v) is 8.07. The Morgan fingerprint density at radius 2 is 1.81 bits per heavy atom. The van der Waals surface area contributed by atoms with E-state index in [9.17, 15) is 4.39 Å². The number of aliphatic hydroxyl groups excluding tert-OH is 1. The van der Waals surface area contributed by atoms with Gasteiger partial charge in [0.15, 0.2) is 17.6 Å². The van der Waals surface area contributed by atoms with Crippen LogP contribution in [0.5, 0.6) is 0 Å². The minimum atomic E-state index is -1.91. The number of hydrogen-bond donors (Lipinski definition) is 2. The van der Waals surface area contributed by atoms with Gasteiger partial charge in [-0.05, 0) is 24.3 Å². The first-order valence-electron chi connectivity index (χ1n) is 7.31. The van der Waals surface area contributed by atoms with Gasteiger partial charge in [-0.25, -0.2) is 4.39 Å². The molecular weight excluding hydrogens is 386 g/mol. The van der Waals surface area contributed by atoms with Gasteiger partial charge in [0.1, 0.15) is 5.82 Å². The summed E-state index contributed by atoms with van der Waals surface area (Å²) in [5, 5.41) is 23.4. The highest BCUT2D eigenvalue weighted by Gasteiger charge is 2.19. The molecule has 0 amide bonds. The average molecular weight is 395 g/mol. The molecule has 0 fully saturated rings. The van der Waals surface area contributed by atoms with Gasteiger partial charge in [0.25, 0.3) is 5.89 Å². The maximum absolute atomic E-state index is 13.9. The number of rotatable bonds is 3. The molecule has 6 nitrogen and oxygen atoms in total. The van der Waals surface area contributed by atoms with Crippen molar-refractivity contribution < 1.29 is 23.5 Å². The maximum Gasteiger partial charge on any atom is 0.293 e. The van der Waals surface area contributed by atoms with Gasteiger partial charge in [0.05, 0.1) is 10.0 Å². The normalized spacial score (nSPS) is 11.6. The van der Waals surface area contributed by atoms with Gasteiger partial charge in [0.2, 0.25) is 5.82 Å². The Labute approximate surface area is 155 Å². The predicted octanol–water partition coefficient (Wildman–Crippen LogP) is 4.58. The lowest BCUT2D eigenvalue weighted by molar-refractivity contribution is -0.0449. The highest BCUT2D eigenvalue weighted by atomic mass is 35.5. The predicted molar refractivity (Wildman–Crippen MR) is 92.1 cm³/mol. The van der Waals surface area contributed by atoms with Crippen molar-refractivity contribution in [3.63, 3.8) is 0 Å². The van der Waals surface area contributed by atoms with E-state index in [1.165, 1.54) is 12.1 Å². The van der Waals surface area contributed by atoms with E-state index in [4.69, 9.17) is 42.4 Å². The zero-order valence-corrected chi connectivity index (χ0v) is 14.3. The van der Waals surface area contributed by atoms with Crippen LogP contribution < -0.4 is 0 Å². The third-order valence-corrected chi connectivity index (χ3v) is 4.38. The maximum atomic E-state index is 13.9. The largest absolute Gasteiger partial charge is 0.449 e.